The van der Waals surface area contributed by atoms with Gasteiger partial charge in [0.1, 0.15) is 18.3 Å². The molecule has 21 heavy (non-hydrogen) atoms. The van der Waals surface area contributed by atoms with Gasteiger partial charge in [-0.3, -0.25) is 0 Å². The van der Waals surface area contributed by atoms with Crippen molar-refractivity contribution in [3.05, 3.63) is 47.5 Å². The Kier molecular flexibility index (Phi) is 3.76. The molecule has 1 aromatic carbocycles. The van der Waals surface area contributed by atoms with Gasteiger partial charge in [0.15, 0.2) is 0 Å². The molecule has 1 aromatic heterocycles. The molecule has 1 heterocycles. The van der Waals surface area contributed by atoms with Gasteiger partial charge in [0, 0.05) is 5.02 Å². The van der Waals surface area contributed by atoms with Crippen LogP contribution in [0.15, 0.2) is 36.9 Å². The number of aliphatic hydroxyl groups is 1. The molecule has 0 saturated heterocycles. The second-order valence-corrected chi connectivity index (χ2v) is 6.45. The number of hydrogen-bond donors (Lipinski definition) is 1. The zero-order chi connectivity index (χ0) is 15.0. The number of halogens is 1. The Labute approximate surface area is 129 Å². The van der Waals surface area contributed by atoms with Gasteiger partial charge in [0.2, 0.25) is 0 Å². The topological polar surface area (TPSA) is 50.9 Å². The first-order valence-corrected chi connectivity index (χ1v) is 7.73. The van der Waals surface area contributed by atoms with E-state index in [0.717, 1.165) is 5.56 Å². The van der Waals surface area contributed by atoms with Gasteiger partial charge in [-0.05, 0) is 49.3 Å². The van der Waals surface area contributed by atoms with Gasteiger partial charge >= 0.3 is 0 Å². The number of hydrogen-bond acceptors (Lipinski definition) is 3. The van der Waals surface area contributed by atoms with Gasteiger partial charge in [-0.15, -0.1) is 0 Å². The first-order chi connectivity index (χ1) is 10.0. The zero-order valence-corrected chi connectivity index (χ0v) is 13.0. The van der Waals surface area contributed by atoms with Crippen LogP contribution in [-0.4, -0.2) is 19.9 Å². The van der Waals surface area contributed by atoms with Crippen molar-refractivity contribution >= 4 is 11.6 Å². The summed E-state index contributed by atoms with van der Waals surface area (Å²) in [5.74, 6) is 0.717. The summed E-state index contributed by atoms with van der Waals surface area (Å²) in [6, 6.07) is 7.28. The Bertz CT molecular complexity index is 594. The molecule has 3 rings (SSSR count). The van der Waals surface area contributed by atoms with Gasteiger partial charge in [-0.1, -0.05) is 30.7 Å². The third-order valence-electron chi connectivity index (χ3n) is 4.80. The summed E-state index contributed by atoms with van der Waals surface area (Å²) in [4.78, 5) is 4.00. The molecule has 0 amide bonds. The number of aromatic nitrogens is 3. The predicted octanol–water partition coefficient (Wildman–Crippen LogP) is 3.43. The first-order valence-electron chi connectivity index (χ1n) is 7.36. The summed E-state index contributed by atoms with van der Waals surface area (Å²) in [6.45, 7) is 4.11. The average Bonchev–Trinajstić information content (AvgIpc) is 3.20. The van der Waals surface area contributed by atoms with Crippen LogP contribution in [0.4, 0.5) is 0 Å². The van der Waals surface area contributed by atoms with E-state index in [4.69, 9.17) is 11.6 Å². The van der Waals surface area contributed by atoms with E-state index in [0.29, 0.717) is 10.9 Å². The molecular formula is C16H20ClN3O. The molecule has 4 nitrogen and oxygen atoms in total. The predicted molar refractivity (Wildman–Crippen MR) is 82.0 cm³/mol. The van der Waals surface area contributed by atoms with E-state index in [1.165, 1.54) is 19.2 Å². The molecule has 0 spiro atoms. The molecule has 3 atom stereocenters. The van der Waals surface area contributed by atoms with Crippen LogP contribution in [-0.2, 0) is 5.60 Å². The maximum Gasteiger partial charge on any atom is 0.137 e. The van der Waals surface area contributed by atoms with Crippen LogP contribution in [0.3, 0.4) is 0 Å². The van der Waals surface area contributed by atoms with Gasteiger partial charge in [-0.2, -0.15) is 5.10 Å². The molecular weight excluding hydrogens is 286 g/mol. The van der Waals surface area contributed by atoms with E-state index >= 15 is 0 Å². The standard InChI is InChI=1S/C16H20ClN3O/c1-11(13-3-4-13)16(21,12(2)20-10-18-9-19-20)14-5-7-15(17)8-6-14/h5-13,21H,3-4H2,1-2H3. The minimum atomic E-state index is -0.987. The van der Waals surface area contributed by atoms with Gasteiger partial charge in [0.25, 0.3) is 0 Å². The van der Waals surface area contributed by atoms with Crippen molar-refractivity contribution in [3.63, 3.8) is 0 Å². The Morgan fingerprint density at radius 1 is 1.29 bits per heavy atom. The van der Waals surface area contributed by atoms with Crippen molar-refractivity contribution in [2.45, 2.75) is 38.3 Å². The van der Waals surface area contributed by atoms with Crippen LogP contribution < -0.4 is 0 Å². The molecule has 0 aliphatic heterocycles. The van der Waals surface area contributed by atoms with Crippen LogP contribution in [0.25, 0.3) is 0 Å². The van der Waals surface area contributed by atoms with Gasteiger partial charge in [-0.25, -0.2) is 9.67 Å². The van der Waals surface area contributed by atoms with Crippen molar-refractivity contribution < 1.29 is 5.11 Å². The van der Waals surface area contributed by atoms with Crippen LogP contribution in [0.2, 0.25) is 5.02 Å². The molecule has 5 heteroatoms. The lowest BCUT2D eigenvalue weighted by Crippen LogP contribution is -2.42. The SMILES string of the molecule is CC(C1CC1)C(O)(c1ccc(Cl)cc1)C(C)n1cncn1. The molecule has 1 aliphatic carbocycles. The van der Waals surface area contributed by atoms with Crippen molar-refractivity contribution in [2.75, 3.05) is 0 Å². The van der Waals surface area contributed by atoms with Crippen LogP contribution in [0, 0.1) is 11.8 Å². The monoisotopic (exact) mass is 305 g/mol. The average molecular weight is 306 g/mol. The molecule has 1 N–H and O–H groups in total. The van der Waals surface area contributed by atoms with E-state index in [9.17, 15) is 5.11 Å². The lowest BCUT2D eigenvalue weighted by atomic mass is 9.75. The summed E-state index contributed by atoms with van der Waals surface area (Å²) >= 11 is 5.99. The maximum atomic E-state index is 11.6. The summed E-state index contributed by atoms with van der Waals surface area (Å²) in [5, 5.41) is 16.4. The minimum Gasteiger partial charge on any atom is -0.383 e. The van der Waals surface area contributed by atoms with Crippen molar-refractivity contribution in [1.29, 1.82) is 0 Å². The second-order valence-electron chi connectivity index (χ2n) is 6.01. The van der Waals surface area contributed by atoms with E-state index < -0.39 is 5.60 Å². The molecule has 112 valence electrons. The highest BCUT2D eigenvalue weighted by Crippen LogP contribution is 2.50. The molecule has 1 fully saturated rings. The minimum absolute atomic E-state index is 0.151. The van der Waals surface area contributed by atoms with Crippen LogP contribution in [0.5, 0.6) is 0 Å². The van der Waals surface area contributed by atoms with Crippen molar-refractivity contribution in [3.8, 4) is 0 Å². The Hall–Kier alpha value is -1.39. The fraction of sp³-hybridized carbons (Fsp3) is 0.500. The van der Waals surface area contributed by atoms with E-state index in [1.807, 2.05) is 31.2 Å². The molecule has 2 aromatic rings. The van der Waals surface area contributed by atoms with Gasteiger partial charge in [0.05, 0.1) is 6.04 Å². The fourth-order valence-corrected chi connectivity index (χ4v) is 3.30. The Balaban J connectivity index is 2.03. The lowest BCUT2D eigenvalue weighted by molar-refractivity contribution is -0.0704. The van der Waals surface area contributed by atoms with Crippen LogP contribution in [0.1, 0.15) is 38.3 Å². The molecule has 0 bridgehead atoms. The number of rotatable bonds is 5. The smallest absolute Gasteiger partial charge is 0.137 e. The lowest BCUT2D eigenvalue weighted by Gasteiger charge is -2.40. The summed E-state index contributed by atoms with van der Waals surface area (Å²) in [7, 11) is 0. The second kappa shape index (κ2) is 5.43. The van der Waals surface area contributed by atoms with Crippen molar-refractivity contribution in [2.24, 2.45) is 11.8 Å². The Morgan fingerprint density at radius 2 is 1.95 bits per heavy atom. The zero-order valence-electron chi connectivity index (χ0n) is 12.3. The Morgan fingerprint density at radius 3 is 2.48 bits per heavy atom. The summed E-state index contributed by atoms with van der Waals surface area (Å²) in [6.07, 6.45) is 5.52. The molecule has 1 aliphatic rings. The molecule has 1 saturated carbocycles. The normalized spacial score (nSPS) is 20.8. The third kappa shape index (κ3) is 2.58. The number of nitrogens with zero attached hydrogens (tertiary/aromatic N) is 3. The summed E-state index contributed by atoms with van der Waals surface area (Å²) in [5.41, 5.74) is -0.103. The van der Waals surface area contributed by atoms with Gasteiger partial charge < -0.3 is 5.11 Å². The summed E-state index contributed by atoms with van der Waals surface area (Å²) < 4.78 is 1.73. The van der Waals surface area contributed by atoms with E-state index in [1.54, 1.807) is 11.0 Å². The quantitative estimate of drug-likeness (QED) is 0.921. The first kappa shape index (κ1) is 14.5. The fourth-order valence-electron chi connectivity index (χ4n) is 3.18. The number of benzene rings is 1. The third-order valence-corrected chi connectivity index (χ3v) is 5.05. The highest BCUT2D eigenvalue weighted by Gasteiger charge is 2.48. The largest absolute Gasteiger partial charge is 0.383 e. The van der Waals surface area contributed by atoms with Crippen LogP contribution >= 0.6 is 11.6 Å². The van der Waals surface area contributed by atoms with E-state index in [-0.39, 0.29) is 12.0 Å². The van der Waals surface area contributed by atoms with Crippen molar-refractivity contribution in [1.82, 2.24) is 14.8 Å². The van der Waals surface area contributed by atoms with E-state index in [2.05, 4.69) is 17.0 Å². The maximum absolute atomic E-state index is 11.6. The highest BCUT2D eigenvalue weighted by atomic mass is 35.5. The molecule has 0 radical (unpaired) electrons. The molecule has 3 unspecified atom stereocenters. The highest BCUT2D eigenvalue weighted by molar-refractivity contribution is 6.30.